The van der Waals surface area contributed by atoms with Crippen molar-refractivity contribution in [3.05, 3.63) is 42.1 Å². The maximum atomic E-state index is 4.77. The zero-order chi connectivity index (χ0) is 33.3. The van der Waals surface area contributed by atoms with Crippen LogP contribution >= 0.6 is 0 Å². The van der Waals surface area contributed by atoms with E-state index in [1.165, 1.54) is 205 Å². The summed E-state index contributed by atoms with van der Waals surface area (Å²) in [6, 6.07) is 11.2. The van der Waals surface area contributed by atoms with Crippen molar-refractivity contribution in [1.82, 2.24) is 0 Å². The maximum absolute atomic E-state index is 4.77. The molecular formula is C45H79N2+. The molecule has 2 nitrogen and oxygen atoms in total. The first-order valence-electron chi connectivity index (χ1n) is 21.3. The third-order valence-electron chi connectivity index (χ3n) is 10.8. The van der Waals surface area contributed by atoms with Crippen molar-refractivity contribution in [3.8, 4) is 0 Å². The predicted octanol–water partition coefficient (Wildman–Crippen LogP) is 15.2. The van der Waals surface area contributed by atoms with Crippen molar-refractivity contribution in [2.24, 2.45) is 21.8 Å². The van der Waals surface area contributed by atoms with Gasteiger partial charge in [-0.2, -0.15) is 0 Å². The zero-order valence-corrected chi connectivity index (χ0v) is 31.7. The number of benzene rings is 1. The summed E-state index contributed by atoms with van der Waals surface area (Å²) in [5.41, 5.74) is 1.48. The van der Waals surface area contributed by atoms with Crippen molar-refractivity contribution >= 4 is 12.4 Å². The lowest BCUT2D eigenvalue weighted by atomic mass is 9.78. The van der Waals surface area contributed by atoms with E-state index in [9.17, 15) is 0 Å². The van der Waals surface area contributed by atoms with Crippen LogP contribution < -0.4 is 0 Å². The second kappa shape index (κ2) is 31.7. The van der Waals surface area contributed by atoms with E-state index >= 15 is 0 Å². The Balaban J connectivity index is 1.63. The molecule has 1 aliphatic heterocycles. The fourth-order valence-corrected chi connectivity index (χ4v) is 7.72. The summed E-state index contributed by atoms with van der Waals surface area (Å²) in [7, 11) is 0. The molecule has 1 aliphatic rings. The number of hydrogen-bond donors (Lipinski definition) is 0. The van der Waals surface area contributed by atoms with Crippen LogP contribution in [0.1, 0.15) is 218 Å². The van der Waals surface area contributed by atoms with Gasteiger partial charge in [-0.3, -0.25) is 0 Å². The largest absolute Gasteiger partial charge is 0.244 e. The molecule has 0 bridgehead atoms. The summed E-state index contributed by atoms with van der Waals surface area (Å²) in [5, 5.41) is 0. The fourth-order valence-electron chi connectivity index (χ4n) is 7.72. The average molecular weight is 648 g/mol. The van der Waals surface area contributed by atoms with Crippen LogP contribution in [0.5, 0.6) is 0 Å². The van der Waals surface area contributed by atoms with Gasteiger partial charge >= 0.3 is 0 Å². The SMILES string of the molecule is CCCCCCCCCCCCCCCCCC(Cc1ccccc1)C(CCCCCCCCCCCCCCCC)[C+]1N=CC=N1. The molecule has 0 saturated heterocycles. The predicted molar refractivity (Wildman–Crippen MR) is 212 cm³/mol. The standard InChI is InChI=1S/C45H79N2/c1-3-5-7-9-11-13-15-17-19-20-22-24-26-28-33-37-43(41-42-35-31-30-32-36-42)44(45-46-39-40-47-45)38-34-29-27-25-23-21-18-16-14-12-10-8-6-4-2/h30-32,35-36,39-40,43-44H,3-29,33-34,37-38,41H2,1-2H3/q+1. The molecule has 0 aliphatic carbocycles. The van der Waals surface area contributed by atoms with Gasteiger partial charge in [-0.05, 0) is 30.7 Å². The van der Waals surface area contributed by atoms with Crippen molar-refractivity contribution in [2.45, 2.75) is 219 Å². The van der Waals surface area contributed by atoms with Gasteiger partial charge in [0.05, 0.1) is 5.92 Å². The second-order valence-corrected chi connectivity index (χ2v) is 15.1. The fraction of sp³-hybridized carbons (Fsp3) is 0.800. The molecule has 268 valence electrons. The van der Waals surface area contributed by atoms with Gasteiger partial charge in [0.15, 0.2) is 12.4 Å². The van der Waals surface area contributed by atoms with Crippen LogP contribution in [0.15, 0.2) is 40.3 Å². The van der Waals surface area contributed by atoms with Gasteiger partial charge in [0.2, 0.25) is 6.17 Å². The van der Waals surface area contributed by atoms with E-state index in [1.54, 1.807) is 0 Å². The maximum Gasteiger partial charge on any atom is 0.244 e. The summed E-state index contributed by atoms with van der Waals surface area (Å²) >= 11 is 0. The quantitative estimate of drug-likeness (QED) is 0.0517. The minimum absolute atomic E-state index is 0.495. The number of nitrogens with zero attached hydrogens (tertiary/aromatic N) is 2. The molecule has 0 fully saturated rings. The van der Waals surface area contributed by atoms with E-state index in [4.69, 9.17) is 9.98 Å². The molecule has 1 heterocycles. The van der Waals surface area contributed by atoms with Gasteiger partial charge in [-0.15, -0.1) is 0 Å². The topological polar surface area (TPSA) is 24.7 Å². The molecule has 47 heavy (non-hydrogen) atoms. The summed E-state index contributed by atoms with van der Waals surface area (Å²) in [6.45, 7) is 4.61. The third kappa shape index (κ3) is 23.4. The Morgan fingerprint density at radius 1 is 0.426 bits per heavy atom. The lowest BCUT2D eigenvalue weighted by Crippen LogP contribution is -2.22. The molecule has 0 saturated carbocycles. The summed E-state index contributed by atoms with van der Waals surface area (Å²) in [6.07, 6.45) is 50.0. The van der Waals surface area contributed by atoms with Gasteiger partial charge in [0.25, 0.3) is 0 Å². The molecule has 0 radical (unpaired) electrons. The Morgan fingerprint density at radius 2 is 0.766 bits per heavy atom. The number of unbranched alkanes of at least 4 members (excludes halogenated alkanes) is 27. The molecule has 0 aromatic heterocycles. The molecule has 2 heteroatoms. The minimum Gasteiger partial charge on any atom is -0.0965 e. The molecule has 2 atom stereocenters. The molecule has 0 amide bonds. The van der Waals surface area contributed by atoms with Crippen LogP contribution in [-0.2, 0) is 6.42 Å². The highest BCUT2D eigenvalue weighted by Crippen LogP contribution is 2.37. The minimum atomic E-state index is 0.495. The van der Waals surface area contributed by atoms with Crippen LogP contribution in [0.4, 0.5) is 0 Å². The van der Waals surface area contributed by atoms with Crippen molar-refractivity contribution in [1.29, 1.82) is 0 Å². The first-order valence-corrected chi connectivity index (χ1v) is 21.3. The van der Waals surface area contributed by atoms with Crippen molar-refractivity contribution in [3.63, 3.8) is 0 Å². The van der Waals surface area contributed by atoms with Crippen LogP contribution in [0, 0.1) is 18.0 Å². The molecule has 0 spiro atoms. The Labute approximate surface area is 294 Å². The van der Waals surface area contributed by atoms with Crippen LogP contribution in [0.2, 0.25) is 0 Å². The average Bonchev–Trinajstić information content (AvgIpc) is 3.63. The van der Waals surface area contributed by atoms with Gasteiger partial charge in [0, 0.05) is 0 Å². The number of rotatable bonds is 35. The first-order chi connectivity index (χ1) is 23.3. The van der Waals surface area contributed by atoms with Crippen molar-refractivity contribution in [2.75, 3.05) is 0 Å². The number of hydrogen-bond acceptors (Lipinski definition) is 2. The zero-order valence-electron chi connectivity index (χ0n) is 31.7. The van der Waals surface area contributed by atoms with Gasteiger partial charge < -0.3 is 0 Å². The van der Waals surface area contributed by atoms with E-state index in [-0.39, 0.29) is 0 Å². The molecule has 0 N–H and O–H groups in total. The highest BCUT2D eigenvalue weighted by molar-refractivity contribution is 6.18. The van der Waals surface area contributed by atoms with E-state index in [2.05, 4.69) is 44.2 Å². The summed E-state index contributed by atoms with van der Waals surface area (Å²) in [4.78, 5) is 9.55. The molecule has 2 unspecified atom stereocenters. The molecular weight excluding hydrogens is 569 g/mol. The smallest absolute Gasteiger partial charge is 0.0965 e. The first kappa shape index (κ1) is 41.6. The van der Waals surface area contributed by atoms with E-state index in [0.29, 0.717) is 11.8 Å². The van der Waals surface area contributed by atoms with E-state index in [1.807, 2.05) is 12.4 Å². The van der Waals surface area contributed by atoms with Crippen LogP contribution in [0.25, 0.3) is 0 Å². The van der Waals surface area contributed by atoms with Crippen molar-refractivity contribution < 1.29 is 0 Å². The van der Waals surface area contributed by atoms with Gasteiger partial charge in [0.1, 0.15) is 0 Å². The molecule has 1 aromatic carbocycles. The summed E-state index contributed by atoms with van der Waals surface area (Å²) < 4.78 is 0. The lowest BCUT2D eigenvalue weighted by Gasteiger charge is -2.26. The molecule has 1 aromatic rings. The lowest BCUT2D eigenvalue weighted by molar-refractivity contribution is 0.284. The third-order valence-corrected chi connectivity index (χ3v) is 10.8. The number of aliphatic imine (C=N–C) groups is 2. The Morgan fingerprint density at radius 3 is 1.15 bits per heavy atom. The van der Waals surface area contributed by atoms with Crippen LogP contribution in [-0.4, -0.2) is 12.4 Å². The van der Waals surface area contributed by atoms with E-state index in [0.717, 1.165) is 12.6 Å². The summed E-state index contributed by atoms with van der Waals surface area (Å²) in [5.74, 6) is 1.14. The normalized spacial score (nSPS) is 14.0. The monoisotopic (exact) mass is 648 g/mol. The van der Waals surface area contributed by atoms with Gasteiger partial charge in [-0.25, -0.2) is 0 Å². The van der Waals surface area contributed by atoms with Crippen LogP contribution in [0.3, 0.4) is 0 Å². The highest BCUT2D eigenvalue weighted by Gasteiger charge is 2.35. The Kier molecular flexibility index (Phi) is 28.0. The van der Waals surface area contributed by atoms with E-state index < -0.39 is 0 Å². The second-order valence-electron chi connectivity index (χ2n) is 15.1. The van der Waals surface area contributed by atoms with Gasteiger partial charge in [-0.1, -0.05) is 240 Å². The molecule has 2 rings (SSSR count). The highest BCUT2D eigenvalue weighted by atomic mass is 15.0. The Hall–Kier alpha value is -1.57. The Bertz CT molecular complexity index is 818.